The molecule has 0 bridgehead atoms. The lowest BCUT2D eigenvalue weighted by molar-refractivity contribution is 0.629. The van der Waals surface area contributed by atoms with E-state index in [1.807, 2.05) is 18.9 Å². The summed E-state index contributed by atoms with van der Waals surface area (Å²) in [4.78, 5) is 14.3. The Hall–Kier alpha value is -1.10. The molecule has 16 heavy (non-hydrogen) atoms. The second kappa shape index (κ2) is 5.84. The van der Waals surface area contributed by atoms with E-state index in [0.29, 0.717) is 17.8 Å². The summed E-state index contributed by atoms with van der Waals surface area (Å²) >= 11 is 5.84. The van der Waals surface area contributed by atoms with Crippen molar-refractivity contribution in [3.05, 3.63) is 5.28 Å². The summed E-state index contributed by atoms with van der Waals surface area (Å²) in [7, 11) is 1.95. The minimum absolute atomic E-state index is 0.219. The van der Waals surface area contributed by atoms with Crippen molar-refractivity contribution in [1.29, 1.82) is 0 Å². The van der Waals surface area contributed by atoms with E-state index in [4.69, 9.17) is 11.6 Å². The summed E-state index contributed by atoms with van der Waals surface area (Å²) in [5.74, 6) is 1.67. The van der Waals surface area contributed by atoms with E-state index in [9.17, 15) is 0 Å². The van der Waals surface area contributed by atoms with E-state index in [0.717, 1.165) is 13.1 Å². The van der Waals surface area contributed by atoms with Gasteiger partial charge in [-0.15, -0.1) is 0 Å². The number of anilines is 2. The zero-order chi connectivity index (χ0) is 12.1. The van der Waals surface area contributed by atoms with Crippen molar-refractivity contribution in [3.8, 4) is 0 Å². The molecule has 0 radical (unpaired) electrons. The molecule has 0 aliphatic rings. The second-order valence-corrected chi connectivity index (χ2v) is 4.37. The Balaban J connectivity index is 2.86. The molecule has 5 nitrogen and oxygen atoms in total. The summed E-state index contributed by atoms with van der Waals surface area (Å²) in [6.07, 6.45) is 0. The molecule has 0 aromatic carbocycles. The van der Waals surface area contributed by atoms with Gasteiger partial charge in [-0.3, -0.25) is 0 Å². The average Bonchev–Trinajstić information content (AvgIpc) is 2.16. The Bertz CT molecular complexity index is 342. The average molecular weight is 244 g/mol. The topological polar surface area (TPSA) is 53.9 Å². The summed E-state index contributed by atoms with van der Waals surface area (Å²) in [5, 5.41) is 3.24. The molecule has 0 amide bonds. The number of hydrogen-bond acceptors (Lipinski definition) is 5. The smallest absolute Gasteiger partial charge is 0.231 e. The molecule has 1 heterocycles. The van der Waals surface area contributed by atoms with E-state index in [1.165, 1.54) is 0 Å². The molecule has 1 aromatic heterocycles. The van der Waals surface area contributed by atoms with Crippen LogP contribution in [0.3, 0.4) is 0 Å². The zero-order valence-electron chi connectivity index (χ0n) is 10.2. The van der Waals surface area contributed by atoms with Crippen LogP contribution >= 0.6 is 11.6 Å². The van der Waals surface area contributed by atoms with Crippen molar-refractivity contribution in [2.45, 2.75) is 20.8 Å². The number of aromatic nitrogens is 3. The van der Waals surface area contributed by atoms with Gasteiger partial charge in [-0.05, 0) is 24.4 Å². The molecule has 0 aliphatic carbocycles. The number of rotatable bonds is 5. The van der Waals surface area contributed by atoms with E-state index in [2.05, 4.69) is 34.1 Å². The molecule has 1 aromatic rings. The van der Waals surface area contributed by atoms with Gasteiger partial charge in [0.25, 0.3) is 0 Å². The molecular formula is C10H18ClN5. The summed E-state index contributed by atoms with van der Waals surface area (Å²) < 4.78 is 0. The van der Waals surface area contributed by atoms with E-state index >= 15 is 0 Å². The first kappa shape index (κ1) is 13.0. The number of nitrogens with zero attached hydrogens (tertiary/aromatic N) is 4. The predicted octanol–water partition coefficient (Wildman–Crippen LogP) is 2.05. The first-order valence-electron chi connectivity index (χ1n) is 5.39. The van der Waals surface area contributed by atoms with Crippen LogP contribution in [0.5, 0.6) is 0 Å². The van der Waals surface area contributed by atoms with E-state index in [-0.39, 0.29) is 5.28 Å². The van der Waals surface area contributed by atoms with Gasteiger partial charge < -0.3 is 10.2 Å². The maximum absolute atomic E-state index is 5.84. The fraction of sp³-hybridized carbons (Fsp3) is 0.700. The fourth-order valence-electron chi connectivity index (χ4n) is 1.38. The third kappa shape index (κ3) is 3.81. The Morgan fingerprint density at radius 2 is 2.00 bits per heavy atom. The zero-order valence-corrected chi connectivity index (χ0v) is 10.9. The lowest BCUT2D eigenvalue weighted by Gasteiger charge is -2.19. The Morgan fingerprint density at radius 1 is 1.31 bits per heavy atom. The normalized spacial score (nSPS) is 10.6. The van der Waals surface area contributed by atoms with Crippen LogP contribution in [-0.2, 0) is 0 Å². The molecule has 1 N–H and O–H groups in total. The molecular weight excluding hydrogens is 226 g/mol. The van der Waals surface area contributed by atoms with Crippen molar-refractivity contribution in [3.63, 3.8) is 0 Å². The van der Waals surface area contributed by atoms with Crippen LogP contribution in [0.15, 0.2) is 0 Å². The van der Waals surface area contributed by atoms with Gasteiger partial charge in [-0.2, -0.15) is 15.0 Å². The van der Waals surface area contributed by atoms with Crippen molar-refractivity contribution < 1.29 is 0 Å². The highest BCUT2D eigenvalue weighted by Gasteiger charge is 2.09. The molecule has 0 saturated carbocycles. The summed E-state index contributed by atoms with van der Waals surface area (Å²) in [6, 6.07) is 0. The SMILES string of the molecule is CCNc1nc(Cl)nc(N(C)CC(C)C)n1. The Kier molecular flexibility index (Phi) is 4.73. The van der Waals surface area contributed by atoms with Crippen molar-refractivity contribution >= 4 is 23.5 Å². The van der Waals surface area contributed by atoms with Gasteiger partial charge in [-0.25, -0.2) is 0 Å². The van der Waals surface area contributed by atoms with Crippen LogP contribution in [0.4, 0.5) is 11.9 Å². The Morgan fingerprint density at radius 3 is 2.56 bits per heavy atom. The molecule has 0 saturated heterocycles. The van der Waals surface area contributed by atoms with Gasteiger partial charge in [0.05, 0.1) is 0 Å². The van der Waals surface area contributed by atoms with E-state index in [1.54, 1.807) is 0 Å². The largest absolute Gasteiger partial charge is 0.354 e. The monoisotopic (exact) mass is 243 g/mol. The van der Waals surface area contributed by atoms with E-state index < -0.39 is 0 Å². The maximum atomic E-state index is 5.84. The molecule has 0 spiro atoms. The lowest BCUT2D eigenvalue weighted by Crippen LogP contribution is -2.25. The van der Waals surface area contributed by atoms with Crippen LogP contribution in [-0.4, -0.2) is 35.1 Å². The minimum atomic E-state index is 0.219. The highest BCUT2D eigenvalue weighted by atomic mass is 35.5. The molecule has 0 atom stereocenters. The van der Waals surface area contributed by atoms with Crippen LogP contribution in [0.1, 0.15) is 20.8 Å². The molecule has 0 fully saturated rings. The van der Waals surface area contributed by atoms with Gasteiger partial charge in [0, 0.05) is 20.1 Å². The molecule has 90 valence electrons. The van der Waals surface area contributed by atoms with Gasteiger partial charge >= 0.3 is 0 Å². The highest BCUT2D eigenvalue weighted by Crippen LogP contribution is 2.13. The molecule has 6 heteroatoms. The van der Waals surface area contributed by atoms with Crippen LogP contribution in [0.25, 0.3) is 0 Å². The predicted molar refractivity (Wildman–Crippen MR) is 67.1 cm³/mol. The van der Waals surface area contributed by atoms with Gasteiger partial charge in [-0.1, -0.05) is 13.8 Å². The highest BCUT2D eigenvalue weighted by molar-refractivity contribution is 6.28. The standard InChI is InChI=1S/C10H18ClN5/c1-5-12-9-13-8(11)14-10(15-9)16(4)6-7(2)3/h7H,5-6H2,1-4H3,(H,12,13,14,15). The van der Waals surface area contributed by atoms with Gasteiger partial charge in [0.15, 0.2) is 0 Å². The minimum Gasteiger partial charge on any atom is -0.354 e. The summed E-state index contributed by atoms with van der Waals surface area (Å²) in [5.41, 5.74) is 0. The second-order valence-electron chi connectivity index (χ2n) is 4.03. The number of halogens is 1. The third-order valence-corrected chi connectivity index (χ3v) is 2.08. The first-order chi connectivity index (χ1) is 7.52. The molecule has 0 unspecified atom stereocenters. The van der Waals surface area contributed by atoms with Crippen LogP contribution in [0.2, 0.25) is 5.28 Å². The first-order valence-corrected chi connectivity index (χ1v) is 5.77. The Labute approximate surface area is 101 Å². The van der Waals surface area contributed by atoms with Crippen molar-refractivity contribution in [2.24, 2.45) is 5.92 Å². The molecule has 1 rings (SSSR count). The third-order valence-electron chi connectivity index (χ3n) is 1.91. The molecule has 0 aliphatic heterocycles. The number of nitrogens with one attached hydrogen (secondary N) is 1. The fourth-order valence-corrected chi connectivity index (χ4v) is 1.53. The van der Waals surface area contributed by atoms with Crippen LogP contribution in [0, 0.1) is 5.92 Å². The quantitative estimate of drug-likeness (QED) is 0.858. The van der Waals surface area contributed by atoms with Crippen molar-refractivity contribution in [2.75, 3.05) is 30.4 Å². The van der Waals surface area contributed by atoms with Gasteiger partial charge in [0.1, 0.15) is 0 Å². The van der Waals surface area contributed by atoms with Gasteiger partial charge in [0.2, 0.25) is 17.2 Å². The van der Waals surface area contributed by atoms with Crippen LogP contribution < -0.4 is 10.2 Å². The lowest BCUT2D eigenvalue weighted by atomic mass is 10.2. The maximum Gasteiger partial charge on any atom is 0.231 e. The number of hydrogen-bond donors (Lipinski definition) is 1. The van der Waals surface area contributed by atoms with Crippen molar-refractivity contribution in [1.82, 2.24) is 15.0 Å². The summed E-state index contributed by atoms with van der Waals surface area (Å²) in [6.45, 7) is 7.91.